The quantitative estimate of drug-likeness (QED) is 0.581. The lowest BCUT2D eigenvalue weighted by atomic mass is 10.8. The van der Waals surface area contributed by atoms with Gasteiger partial charge in [0.2, 0.25) is 0 Å². The van der Waals surface area contributed by atoms with Crippen LogP contribution in [0, 0.1) is 0 Å². The molecule has 0 atom stereocenters. The van der Waals surface area contributed by atoms with Gasteiger partial charge in [-0.1, -0.05) is 31.9 Å². The Balaban J connectivity index is 3.09. The summed E-state index contributed by atoms with van der Waals surface area (Å²) < 4.78 is 9.13. The summed E-state index contributed by atoms with van der Waals surface area (Å²) >= 11 is 6.21. The average molecular weight is 276 g/mol. The van der Waals surface area contributed by atoms with Crippen LogP contribution in [-0.2, 0) is 9.47 Å². The van der Waals surface area contributed by atoms with E-state index < -0.39 is 6.16 Å². The van der Waals surface area contributed by atoms with Gasteiger partial charge in [-0.15, -0.1) is 0 Å². The van der Waals surface area contributed by atoms with E-state index >= 15 is 0 Å². The minimum Gasteiger partial charge on any atom is -0.433 e. The second-order valence-corrected chi connectivity index (χ2v) is 2.91. The van der Waals surface area contributed by atoms with Crippen LogP contribution in [-0.4, -0.2) is 30.0 Å². The minimum atomic E-state index is -0.612. The fourth-order valence-electron chi connectivity index (χ4n) is 0.285. The molecule has 0 aromatic rings. The van der Waals surface area contributed by atoms with E-state index in [-0.39, 0.29) is 0 Å². The molecule has 0 rings (SSSR count). The molecule has 0 aliphatic rings. The zero-order valence-corrected chi connectivity index (χ0v) is 8.48. The number of hydrogen-bond donors (Lipinski definition) is 0. The Morgan fingerprint density at radius 1 is 1.10 bits per heavy atom. The molecule has 0 aromatic heterocycles. The van der Waals surface area contributed by atoms with Crippen molar-refractivity contribution in [1.29, 1.82) is 0 Å². The van der Waals surface area contributed by atoms with Crippen LogP contribution in [0.2, 0.25) is 0 Å². The lowest BCUT2D eigenvalue weighted by Crippen LogP contribution is -2.10. The molecule has 0 saturated carbocycles. The largest absolute Gasteiger partial charge is 0.508 e. The van der Waals surface area contributed by atoms with Crippen molar-refractivity contribution < 1.29 is 14.3 Å². The molecule has 10 heavy (non-hydrogen) atoms. The zero-order chi connectivity index (χ0) is 7.82. The van der Waals surface area contributed by atoms with E-state index in [1.165, 1.54) is 0 Å². The van der Waals surface area contributed by atoms with Gasteiger partial charge in [0.15, 0.2) is 0 Å². The minimum absolute atomic E-state index is 0.348. The van der Waals surface area contributed by atoms with Crippen molar-refractivity contribution in [2.75, 3.05) is 23.9 Å². The number of rotatable bonds is 4. The van der Waals surface area contributed by atoms with E-state index in [4.69, 9.17) is 0 Å². The fraction of sp³-hybridized carbons (Fsp3) is 0.800. The molecule has 0 aromatic carbocycles. The van der Waals surface area contributed by atoms with Gasteiger partial charge in [0.25, 0.3) is 0 Å². The maximum absolute atomic E-state index is 10.5. The smallest absolute Gasteiger partial charge is 0.433 e. The van der Waals surface area contributed by atoms with E-state index in [1.807, 2.05) is 0 Å². The van der Waals surface area contributed by atoms with Crippen molar-refractivity contribution in [1.82, 2.24) is 0 Å². The van der Waals surface area contributed by atoms with Gasteiger partial charge in [0, 0.05) is 10.7 Å². The number of halogens is 2. The average Bonchev–Trinajstić information content (AvgIpc) is 1.97. The summed E-state index contributed by atoms with van der Waals surface area (Å²) in [7, 11) is 0. The Bertz CT molecular complexity index is 86.9. The molecule has 0 aliphatic heterocycles. The van der Waals surface area contributed by atoms with Gasteiger partial charge in [-0.05, 0) is 0 Å². The molecule has 3 nitrogen and oxygen atoms in total. The molecule has 0 spiro atoms. The first-order valence-electron chi connectivity index (χ1n) is 2.72. The summed E-state index contributed by atoms with van der Waals surface area (Å²) in [5, 5.41) is 1.27. The summed E-state index contributed by atoms with van der Waals surface area (Å²) in [4.78, 5) is 10.5. The Morgan fingerprint density at radius 3 is 1.80 bits per heavy atom. The molecule has 60 valence electrons. The number of hydrogen-bond acceptors (Lipinski definition) is 3. The Kier molecular flexibility index (Phi) is 7.51. The molecule has 0 radical (unpaired) electrons. The monoisotopic (exact) mass is 274 g/mol. The highest BCUT2D eigenvalue weighted by atomic mass is 79.9. The van der Waals surface area contributed by atoms with Gasteiger partial charge < -0.3 is 9.47 Å². The number of alkyl halides is 2. The maximum Gasteiger partial charge on any atom is 0.508 e. The van der Waals surface area contributed by atoms with Crippen molar-refractivity contribution in [3.63, 3.8) is 0 Å². The van der Waals surface area contributed by atoms with Crippen molar-refractivity contribution in [3.8, 4) is 0 Å². The van der Waals surface area contributed by atoms with Gasteiger partial charge >= 0.3 is 6.16 Å². The number of carbonyl (C=O) groups excluding carboxylic acids is 1. The third-order valence-electron chi connectivity index (χ3n) is 0.594. The van der Waals surface area contributed by atoms with Crippen molar-refractivity contribution in [2.24, 2.45) is 0 Å². The lowest BCUT2D eigenvalue weighted by Gasteiger charge is -2.01. The molecule has 5 heteroatoms. The Labute approximate surface area is 76.3 Å². The molecule has 0 saturated heterocycles. The van der Waals surface area contributed by atoms with Crippen LogP contribution in [0.5, 0.6) is 0 Å². The van der Waals surface area contributed by atoms with Crippen LogP contribution >= 0.6 is 31.9 Å². The summed E-state index contributed by atoms with van der Waals surface area (Å²) in [6.45, 7) is 0.697. The van der Waals surface area contributed by atoms with E-state index in [1.54, 1.807) is 0 Å². The van der Waals surface area contributed by atoms with Crippen molar-refractivity contribution in [2.45, 2.75) is 0 Å². The molecule has 0 amide bonds. The normalized spacial score (nSPS) is 9.00. The molecule has 0 unspecified atom stereocenters. The third kappa shape index (κ3) is 6.35. The zero-order valence-electron chi connectivity index (χ0n) is 5.31. The SMILES string of the molecule is O=C(OCCBr)OCCBr. The predicted octanol–water partition coefficient (Wildman–Crippen LogP) is 1.93. The molecule has 0 N–H and O–H groups in total. The van der Waals surface area contributed by atoms with Gasteiger partial charge in [-0.2, -0.15) is 0 Å². The topological polar surface area (TPSA) is 35.5 Å². The molecule has 0 bridgehead atoms. The van der Waals surface area contributed by atoms with Crippen LogP contribution in [0.4, 0.5) is 4.79 Å². The van der Waals surface area contributed by atoms with Crippen molar-refractivity contribution >= 4 is 38.0 Å². The van der Waals surface area contributed by atoms with E-state index in [0.29, 0.717) is 23.9 Å². The highest BCUT2D eigenvalue weighted by Crippen LogP contribution is 1.89. The molecule has 0 fully saturated rings. The Hall–Kier alpha value is 0.230. The van der Waals surface area contributed by atoms with Crippen LogP contribution in [0.15, 0.2) is 0 Å². The summed E-state index contributed by atoms with van der Waals surface area (Å²) in [5.74, 6) is 0. The lowest BCUT2D eigenvalue weighted by molar-refractivity contribution is 0.0649. The van der Waals surface area contributed by atoms with E-state index in [2.05, 4.69) is 41.3 Å². The molecule has 0 heterocycles. The second-order valence-electron chi connectivity index (χ2n) is 1.32. The van der Waals surface area contributed by atoms with Crippen LogP contribution in [0.1, 0.15) is 0 Å². The van der Waals surface area contributed by atoms with Crippen LogP contribution in [0.25, 0.3) is 0 Å². The first-order valence-corrected chi connectivity index (χ1v) is 4.97. The molecular formula is C5H8Br2O3. The number of carbonyl (C=O) groups is 1. The second kappa shape index (κ2) is 7.34. The highest BCUT2D eigenvalue weighted by Gasteiger charge is 2.00. The standard InChI is InChI=1S/C5H8Br2O3/c6-1-3-9-5(8)10-4-2-7/h1-4H2. The fourth-order valence-corrected chi connectivity index (χ4v) is 0.609. The Morgan fingerprint density at radius 2 is 1.50 bits per heavy atom. The first-order chi connectivity index (χ1) is 4.81. The summed E-state index contributed by atoms with van der Waals surface area (Å²) in [6.07, 6.45) is -0.612. The third-order valence-corrected chi connectivity index (χ3v) is 1.24. The van der Waals surface area contributed by atoms with Crippen LogP contribution in [0.3, 0.4) is 0 Å². The van der Waals surface area contributed by atoms with Gasteiger partial charge in [0.1, 0.15) is 13.2 Å². The first kappa shape index (κ1) is 10.2. The van der Waals surface area contributed by atoms with Crippen molar-refractivity contribution in [3.05, 3.63) is 0 Å². The molecular weight excluding hydrogens is 268 g/mol. The van der Waals surface area contributed by atoms with E-state index in [0.717, 1.165) is 0 Å². The number of ether oxygens (including phenoxy) is 2. The van der Waals surface area contributed by atoms with Gasteiger partial charge in [-0.25, -0.2) is 4.79 Å². The highest BCUT2D eigenvalue weighted by molar-refractivity contribution is 9.09. The van der Waals surface area contributed by atoms with Gasteiger partial charge in [-0.3, -0.25) is 0 Å². The van der Waals surface area contributed by atoms with Gasteiger partial charge in [0.05, 0.1) is 0 Å². The summed E-state index contributed by atoms with van der Waals surface area (Å²) in [6, 6.07) is 0. The molecule has 0 aliphatic carbocycles. The van der Waals surface area contributed by atoms with E-state index in [9.17, 15) is 4.79 Å². The van der Waals surface area contributed by atoms with Crippen LogP contribution < -0.4 is 0 Å². The maximum atomic E-state index is 10.5. The summed E-state index contributed by atoms with van der Waals surface area (Å²) in [5.41, 5.74) is 0. The predicted molar refractivity (Wildman–Crippen MR) is 44.9 cm³/mol.